The van der Waals surface area contributed by atoms with E-state index in [1.54, 1.807) is 35.4 Å². The maximum Gasteiger partial charge on any atom is 0.233 e. The normalized spacial score (nSPS) is 12.1. The molecule has 31 heavy (non-hydrogen) atoms. The van der Waals surface area contributed by atoms with Crippen LogP contribution < -0.4 is 5.32 Å². The third-order valence-corrected chi connectivity index (χ3v) is 7.93. The van der Waals surface area contributed by atoms with Crippen molar-refractivity contribution in [1.29, 1.82) is 0 Å². The van der Waals surface area contributed by atoms with Crippen LogP contribution in [-0.4, -0.2) is 38.8 Å². The Morgan fingerprint density at radius 2 is 1.94 bits per heavy atom. The lowest BCUT2D eigenvalue weighted by molar-refractivity contribution is -0.128. The van der Waals surface area contributed by atoms with Gasteiger partial charge in [-0.05, 0) is 36.8 Å². The molecule has 4 rings (SSSR count). The van der Waals surface area contributed by atoms with Crippen LogP contribution >= 0.6 is 34.4 Å². The smallest absolute Gasteiger partial charge is 0.233 e. The van der Waals surface area contributed by atoms with Crippen LogP contribution in [0.2, 0.25) is 0 Å². The number of hydrogen-bond acceptors (Lipinski definition) is 8. The van der Waals surface area contributed by atoms with E-state index in [0.29, 0.717) is 11.7 Å². The maximum atomic E-state index is 13.0. The molecule has 0 saturated heterocycles. The number of hydrogen-bond donors (Lipinski definition) is 1. The Balaban J connectivity index is 1.29. The molecule has 0 bridgehead atoms. The number of nitrogens with zero attached hydrogens (tertiary/aromatic N) is 4. The number of benzene rings is 2. The molecule has 0 fully saturated rings. The summed E-state index contributed by atoms with van der Waals surface area (Å²) in [6, 6.07) is 14.2. The summed E-state index contributed by atoms with van der Waals surface area (Å²) < 4.78 is 14.8. The van der Waals surface area contributed by atoms with E-state index in [0.717, 1.165) is 25.1 Å². The van der Waals surface area contributed by atoms with Crippen LogP contribution in [0.3, 0.4) is 0 Å². The van der Waals surface area contributed by atoms with Crippen molar-refractivity contribution in [3.8, 4) is 0 Å². The first-order valence-corrected chi connectivity index (χ1v) is 12.2. The number of carbonyl (C=O) groups excluding carboxylic acids is 1. The fraction of sp³-hybridized carbons (Fsp3) is 0.238. The average Bonchev–Trinajstić information content (AvgIpc) is 3.43. The lowest BCUT2D eigenvalue weighted by Crippen LogP contribution is -2.31. The summed E-state index contributed by atoms with van der Waals surface area (Å²) in [5, 5.41) is 13.0. The number of amides is 1. The molecule has 1 amide bonds. The summed E-state index contributed by atoms with van der Waals surface area (Å²) in [6.07, 6.45) is 0. The first kappa shape index (κ1) is 21.7. The zero-order chi connectivity index (χ0) is 21.8. The summed E-state index contributed by atoms with van der Waals surface area (Å²) in [4.78, 5) is 19.1. The van der Waals surface area contributed by atoms with Gasteiger partial charge in [-0.15, -0.1) is 21.5 Å². The van der Waals surface area contributed by atoms with E-state index >= 15 is 0 Å². The van der Waals surface area contributed by atoms with Crippen molar-refractivity contribution in [3.63, 3.8) is 0 Å². The number of nitrogens with one attached hydrogen (secondary N) is 1. The van der Waals surface area contributed by atoms with Crippen LogP contribution in [0.1, 0.15) is 23.5 Å². The molecular weight excluding hydrogens is 453 g/mol. The number of thioether (sulfide) groups is 1. The highest BCUT2D eigenvalue weighted by Crippen LogP contribution is 2.30. The van der Waals surface area contributed by atoms with Crippen molar-refractivity contribution >= 4 is 55.7 Å². The Hall–Kier alpha value is -2.56. The summed E-state index contributed by atoms with van der Waals surface area (Å²) in [5.41, 5.74) is 1.91. The lowest BCUT2D eigenvalue weighted by Gasteiger charge is -2.22. The van der Waals surface area contributed by atoms with Crippen LogP contribution in [0.5, 0.6) is 0 Å². The van der Waals surface area contributed by atoms with Crippen molar-refractivity contribution in [1.82, 2.24) is 20.1 Å². The van der Waals surface area contributed by atoms with Gasteiger partial charge in [0.25, 0.3) is 0 Å². The van der Waals surface area contributed by atoms with E-state index in [1.807, 2.05) is 31.2 Å². The molecule has 0 aliphatic rings. The van der Waals surface area contributed by atoms with Crippen LogP contribution in [0.15, 0.2) is 52.9 Å². The van der Waals surface area contributed by atoms with Crippen molar-refractivity contribution in [3.05, 3.63) is 64.9 Å². The molecule has 10 heteroatoms. The monoisotopic (exact) mass is 473 g/mol. The number of carbonyl (C=O) groups is 1. The minimum atomic E-state index is -0.259. The Bertz CT molecular complexity index is 1140. The van der Waals surface area contributed by atoms with Crippen LogP contribution in [0.4, 0.5) is 9.52 Å². The van der Waals surface area contributed by atoms with Gasteiger partial charge in [-0.1, -0.05) is 47.4 Å². The molecule has 0 spiro atoms. The van der Waals surface area contributed by atoms with Crippen molar-refractivity contribution in [2.75, 3.05) is 18.1 Å². The predicted molar refractivity (Wildman–Crippen MR) is 125 cm³/mol. The first-order chi connectivity index (χ1) is 15.0. The topological polar surface area (TPSA) is 71.0 Å². The molecule has 2 aromatic carbocycles. The van der Waals surface area contributed by atoms with E-state index in [4.69, 9.17) is 0 Å². The number of fused-ring (bicyclic) bond motifs is 1. The molecule has 1 N–H and O–H groups in total. The average molecular weight is 474 g/mol. The van der Waals surface area contributed by atoms with Gasteiger partial charge in [0.05, 0.1) is 22.0 Å². The molecule has 2 heterocycles. The molecule has 1 atom stereocenters. The second kappa shape index (κ2) is 9.71. The molecular formula is C21H20FN5OS3. The van der Waals surface area contributed by atoms with Crippen LogP contribution in [0.25, 0.3) is 10.2 Å². The number of para-hydroxylation sites is 1. The van der Waals surface area contributed by atoms with Gasteiger partial charge in [-0.25, -0.2) is 9.37 Å². The van der Waals surface area contributed by atoms with Gasteiger partial charge in [0, 0.05) is 13.6 Å². The van der Waals surface area contributed by atoms with Gasteiger partial charge in [0.2, 0.25) is 11.0 Å². The summed E-state index contributed by atoms with van der Waals surface area (Å²) >= 11 is 4.37. The Morgan fingerprint density at radius 3 is 2.71 bits per heavy atom. The van der Waals surface area contributed by atoms with Crippen molar-refractivity contribution in [2.24, 2.45) is 0 Å². The third-order valence-electron chi connectivity index (χ3n) is 4.72. The second-order valence-electron chi connectivity index (χ2n) is 6.84. The highest BCUT2D eigenvalue weighted by molar-refractivity contribution is 8.01. The van der Waals surface area contributed by atoms with E-state index in [1.165, 1.54) is 35.2 Å². The minimum absolute atomic E-state index is 0.00720. The van der Waals surface area contributed by atoms with E-state index in [9.17, 15) is 9.18 Å². The van der Waals surface area contributed by atoms with E-state index in [-0.39, 0.29) is 23.5 Å². The fourth-order valence-electron chi connectivity index (χ4n) is 2.80. The number of thiazole rings is 1. The first-order valence-electron chi connectivity index (χ1n) is 9.55. The van der Waals surface area contributed by atoms with E-state index < -0.39 is 0 Å². The number of aromatic nitrogens is 3. The molecule has 0 radical (unpaired) electrons. The molecule has 6 nitrogen and oxygen atoms in total. The van der Waals surface area contributed by atoms with Gasteiger partial charge >= 0.3 is 0 Å². The predicted octanol–water partition coefficient (Wildman–Crippen LogP) is 5.21. The maximum absolute atomic E-state index is 13.0. The van der Waals surface area contributed by atoms with Gasteiger partial charge in [-0.3, -0.25) is 4.79 Å². The number of anilines is 1. The fourth-order valence-corrected chi connectivity index (χ4v) is 5.53. The second-order valence-corrected chi connectivity index (χ2v) is 10.1. The quantitative estimate of drug-likeness (QED) is 0.354. The minimum Gasteiger partial charge on any atom is -0.356 e. The Morgan fingerprint density at radius 1 is 1.16 bits per heavy atom. The van der Waals surface area contributed by atoms with Gasteiger partial charge in [0.15, 0.2) is 4.34 Å². The zero-order valence-electron chi connectivity index (χ0n) is 16.9. The third kappa shape index (κ3) is 5.38. The molecule has 4 aromatic rings. The summed E-state index contributed by atoms with van der Waals surface area (Å²) in [5.74, 6) is 0.0245. The highest BCUT2D eigenvalue weighted by atomic mass is 32.2. The van der Waals surface area contributed by atoms with Gasteiger partial charge in [-0.2, -0.15) is 0 Å². The van der Waals surface area contributed by atoms with Crippen LogP contribution in [-0.2, 0) is 11.3 Å². The highest BCUT2D eigenvalue weighted by Gasteiger charge is 2.21. The molecule has 160 valence electrons. The summed E-state index contributed by atoms with van der Waals surface area (Å²) in [7, 11) is 1.80. The molecule has 0 aliphatic heterocycles. The molecule has 0 unspecified atom stereocenters. The number of halogens is 1. The van der Waals surface area contributed by atoms with Gasteiger partial charge < -0.3 is 10.2 Å². The standard InChI is InChI=1S/C21H20FN5OS3/c1-13(19-24-16-5-3-4-6-17(16)30-19)27(2)18(28)12-29-21-26-25-20(31-21)23-11-14-7-9-15(22)10-8-14/h3-10,13H,11-12H2,1-2H3,(H,23,25)/t13-/m0/s1. The van der Waals surface area contributed by atoms with Crippen LogP contribution in [0, 0.1) is 5.82 Å². The largest absolute Gasteiger partial charge is 0.356 e. The van der Waals surface area contributed by atoms with Crippen molar-refractivity contribution in [2.45, 2.75) is 23.8 Å². The molecule has 2 aromatic heterocycles. The Labute approximate surface area is 191 Å². The molecule has 0 aliphatic carbocycles. The molecule has 0 saturated carbocycles. The SMILES string of the molecule is C[C@@H](c1nc2ccccc2s1)N(C)C(=O)CSc1nnc(NCc2ccc(F)cc2)s1. The van der Waals surface area contributed by atoms with E-state index in [2.05, 4.69) is 20.5 Å². The number of rotatable bonds is 8. The van der Waals surface area contributed by atoms with Crippen molar-refractivity contribution < 1.29 is 9.18 Å². The van der Waals surface area contributed by atoms with Gasteiger partial charge in [0.1, 0.15) is 10.8 Å². The zero-order valence-corrected chi connectivity index (χ0v) is 19.4. The Kier molecular flexibility index (Phi) is 6.79. The lowest BCUT2D eigenvalue weighted by atomic mass is 10.2. The summed E-state index contributed by atoms with van der Waals surface area (Å²) in [6.45, 7) is 2.52.